The zero-order valence-electron chi connectivity index (χ0n) is 11.2. The van der Waals surface area contributed by atoms with Gasteiger partial charge in [-0.25, -0.2) is 8.42 Å². The molecule has 0 aromatic heterocycles. The van der Waals surface area contributed by atoms with Gasteiger partial charge < -0.3 is 0 Å². The van der Waals surface area contributed by atoms with Crippen LogP contribution in [0, 0.1) is 22.7 Å². The maximum absolute atomic E-state index is 12.6. The van der Waals surface area contributed by atoms with Gasteiger partial charge in [0, 0.05) is 7.05 Å². The number of anilines is 1. The Hall–Kier alpha value is -2.83. The quantitative estimate of drug-likeness (QED) is 0.869. The third-order valence-corrected chi connectivity index (χ3v) is 4.75. The fraction of sp³-hybridized carbons (Fsp3) is 0.0667. The number of nitrogens with zero attached hydrogens (tertiary/aromatic N) is 3. The van der Waals surface area contributed by atoms with E-state index >= 15 is 0 Å². The van der Waals surface area contributed by atoms with Crippen LogP contribution < -0.4 is 4.31 Å². The summed E-state index contributed by atoms with van der Waals surface area (Å²) < 4.78 is 26.2. The minimum atomic E-state index is -3.83. The Labute approximate surface area is 123 Å². The molecule has 0 unspecified atom stereocenters. The molecule has 0 saturated heterocycles. The van der Waals surface area contributed by atoms with Crippen molar-refractivity contribution in [2.75, 3.05) is 11.4 Å². The third-order valence-electron chi connectivity index (χ3n) is 2.99. The highest BCUT2D eigenvalue weighted by Gasteiger charge is 2.23. The molecule has 5 nitrogen and oxygen atoms in total. The average Bonchev–Trinajstić information content (AvgIpc) is 2.54. The summed E-state index contributed by atoms with van der Waals surface area (Å²) in [4.78, 5) is 0.0109. The molecule has 0 aliphatic rings. The first-order chi connectivity index (χ1) is 10.0. The van der Waals surface area contributed by atoms with Crippen LogP contribution in [0.3, 0.4) is 0 Å². The Bertz CT molecular complexity index is 861. The standard InChI is InChI=1S/C15H11N3O2S/c1-18(15-8-3-2-6-13(15)11-17)21(19,20)14-7-4-5-12(9-14)10-16/h2-9H,1H3. The van der Waals surface area contributed by atoms with Crippen LogP contribution in [0.25, 0.3) is 0 Å². The smallest absolute Gasteiger partial charge is 0.264 e. The van der Waals surface area contributed by atoms with E-state index in [0.717, 1.165) is 4.31 Å². The first-order valence-corrected chi connectivity index (χ1v) is 7.43. The van der Waals surface area contributed by atoms with Gasteiger partial charge in [-0.15, -0.1) is 0 Å². The van der Waals surface area contributed by atoms with Crippen LogP contribution in [-0.2, 0) is 10.0 Å². The molecular weight excluding hydrogens is 286 g/mol. The highest BCUT2D eigenvalue weighted by molar-refractivity contribution is 7.92. The average molecular weight is 297 g/mol. The molecule has 0 bridgehead atoms. The van der Waals surface area contributed by atoms with Gasteiger partial charge in [0.25, 0.3) is 10.0 Å². The van der Waals surface area contributed by atoms with Crippen molar-refractivity contribution in [2.24, 2.45) is 0 Å². The third kappa shape index (κ3) is 2.71. The molecule has 0 fully saturated rings. The molecule has 6 heteroatoms. The van der Waals surface area contributed by atoms with Gasteiger partial charge in [-0.05, 0) is 30.3 Å². The van der Waals surface area contributed by atoms with Crippen molar-refractivity contribution in [1.82, 2.24) is 0 Å². The highest BCUT2D eigenvalue weighted by Crippen LogP contribution is 2.25. The van der Waals surface area contributed by atoms with E-state index in [-0.39, 0.29) is 16.0 Å². The molecule has 2 rings (SSSR count). The minimum absolute atomic E-state index is 0.0109. The predicted octanol–water partition coefficient (Wildman–Crippen LogP) is 2.26. The van der Waals surface area contributed by atoms with Crippen molar-refractivity contribution in [1.29, 1.82) is 10.5 Å². The number of sulfonamides is 1. The summed E-state index contributed by atoms with van der Waals surface area (Å²) in [7, 11) is -2.45. The molecule has 0 aliphatic heterocycles. The topological polar surface area (TPSA) is 85.0 Å². The first-order valence-electron chi connectivity index (χ1n) is 5.99. The van der Waals surface area contributed by atoms with E-state index in [2.05, 4.69) is 0 Å². The Morgan fingerprint density at radius 1 is 1.00 bits per heavy atom. The summed E-state index contributed by atoms with van der Waals surface area (Å²) >= 11 is 0. The second kappa shape index (κ2) is 5.66. The molecule has 0 saturated carbocycles. The zero-order chi connectivity index (χ0) is 15.5. The molecule has 21 heavy (non-hydrogen) atoms. The molecule has 0 radical (unpaired) electrons. The Balaban J connectivity index is 2.54. The lowest BCUT2D eigenvalue weighted by atomic mass is 10.2. The lowest BCUT2D eigenvalue weighted by molar-refractivity contribution is 0.594. The maximum Gasteiger partial charge on any atom is 0.264 e. The van der Waals surface area contributed by atoms with Crippen molar-refractivity contribution in [3.63, 3.8) is 0 Å². The largest absolute Gasteiger partial charge is 0.268 e. The molecule has 0 aliphatic carbocycles. The molecule has 0 amide bonds. The van der Waals surface area contributed by atoms with Crippen LogP contribution in [0.4, 0.5) is 5.69 Å². The number of hydrogen-bond donors (Lipinski definition) is 0. The summed E-state index contributed by atoms with van der Waals surface area (Å²) in [6.45, 7) is 0. The summed E-state index contributed by atoms with van der Waals surface area (Å²) in [6, 6.07) is 16.1. The van der Waals surface area contributed by atoms with Gasteiger partial charge in [0.1, 0.15) is 6.07 Å². The van der Waals surface area contributed by atoms with E-state index in [1.807, 2.05) is 12.1 Å². The van der Waals surface area contributed by atoms with Gasteiger partial charge >= 0.3 is 0 Å². The molecular formula is C15H11N3O2S. The number of para-hydroxylation sites is 1. The fourth-order valence-electron chi connectivity index (χ4n) is 1.86. The van der Waals surface area contributed by atoms with Crippen molar-refractivity contribution >= 4 is 15.7 Å². The van der Waals surface area contributed by atoms with Crippen molar-refractivity contribution < 1.29 is 8.42 Å². The Morgan fingerprint density at radius 3 is 2.38 bits per heavy atom. The van der Waals surface area contributed by atoms with Gasteiger partial charge in [0.05, 0.1) is 27.8 Å². The molecule has 2 aromatic rings. The van der Waals surface area contributed by atoms with Crippen LogP contribution in [-0.4, -0.2) is 15.5 Å². The number of rotatable bonds is 3. The van der Waals surface area contributed by atoms with E-state index in [1.54, 1.807) is 24.3 Å². The lowest BCUT2D eigenvalue weighted by Crippen LogP contribution is -2.27. The Morgan fingerprint density at radius 2 is 1.71 bits per heavy atom. The van der Waals surface area contributed by atoms with Crippen LogP contribution in [0.5, 0.6) is 0 Å². The van der Waals surface area contributed by atoms with E-state index < -0.39 is 10.0 Å². The minimum Gasteiger partial charge on any atom is -0.268 e. The van der Waals surface area contributed by atoms with Crippen molar-refractivity contribution in [3.05, 3.63) is 59.7 Å². The van der Waals surface area contributed by atoms with Gasteiger partial charge in [-0.1, -0.05) is 18.2 Å². The number of benzene rings is 2. The predicted molar refractivity (Wildman–Crippen MR) is 77.9 cm³/mol. The molecule has 0 spiro atoms. The molecule has 0 heterocycles. The second-order valence-corrected chi connectivity index (χ2v) is 6.21. The van der Waals surface area contributed by atoms with Crippen LogP contribution in [0.15, 0.2) is 53.4 Å². The van der Waals surface area contributed by atoms with Gasteiger partial charge in [-0.3, -0.25) is 4.31 Å². The summed E-state index contributed by atoms with van der Waals surface area (Å²) in [6.07, 6.45) is 0. The summed E-state index contributed by atoms with van der Waals surface area (Å²) in [5, 5.41) is 17.9. The monoisotopic (exact) mass is 297 g/mol. The number of nitriles is 2. The summed E-state index contributed by atoms with van der Waals surface area (Å²) in [5.74, 6) is 0. The van der Waals surface area contributed by atoms with Gasteiger partial charge in [0.15, 0.2) is 0 Å². The Kier molecular flexibility index (Phi) is 3.93. The summed E-state index contributed by atoms with van der Waals surface area (Å²) in [5.41, 5.74) is 0.820. The molecule has 0 atom stereocenters. The molecule has 104 valence electrons. The normalized spacial score (nSPS) is 10.4. The van der Waals surface area contributed by atoms with Crippen molar-refractivity contribution in [2.45, 2.75) is 4.90 Å². The van der Waals surface area contributed by atoms with Crippen LogP contribution in [0.2, 0.25) is 0 Å². The van der Waals surface area contributed by atoms with Crippen molar-refractivity contribution in [3.8, 4) is 12.1 Å². The van der Waals surface area contributed by atoms with E-state index in [0.29, 0.717) is 5.69 Å². The van der Waals surface area contributed by atoms with Crippen LogP contribution >= 0.6 is 0 Å². The van der Waals surface area contributed by atoms with Crippen LogP contribution in [0.1, 0.15) is 11.1 Å². The highest BCUT2D eigenvalue weighted by atomic mass is 32.2. The first kappa shape index (κ1) is 14.6. The van der Waals surface area contributed by atoms with E-state index in [1.165, 1.54) is 31.3 Å². The fourth-order valence-corrected chi connectivity index (χ4v) is 3.12. The number of hydrogen-bond acceptors (Lipinski definition) is 4. The zero-order valence-corrected chi connectivity index (χ0v) is 12.0. The van der Waals surface area contributed by atoms with Gasteiger partial charge in [0.2, 0.25) is 0 Å². The second-order valence-electron chi connectivity index (χ2n) is 4.24. The lowest BCUT2D eigenvalue weighted by Gasteiger charge is -2.20. The van der Waals surface area contributed by atoms with E-state index in [4.69, 9.17) is 10.5 Å². The molecule has 0 N–H and O–H groups in total. The maximum atomic E-state index is 12.6. The molecule has 2 aromatic carbocycles. The van der Waals surface area contributed by atoms with Gasteiger partial charge in [-0.2, -0.15) is 10.5 Å². The SMILES string of the molecule is CN(c1ccccc1C#N)S(=O)(=O)c1cccc(C#N)c1. The van der Waals surface area contributed by atoms with E-state index in [9.17, 15) is 8.42 Å².